The molecule has 1 atom stereocenters. The summed E-state index contributed by atoms with van der Waals surface area (Å²) in [5, 5.41) is 12.7. The predicted molar refractivity (Wildman–Crippen MR) is 79.7 cm³/mol. The molecule has 4 heteroatoms. The van der Waals surface area contributed by atoms with Crippen LogP contribution in [-0.2, 0) is 11.2 Å². The van der Waals surface area contributed by atoms with E-state index in [1.807, 2.05) is 17.0 Å². The Kier molecular flexibility index (Phi) is 5.41. The number of nitrogens with one attached hydrogen (secondary N) is 1. The number of hydrogen-bond donors (Lipinski definition) is 2. The van der Waals surface area contributed by atoms with E-state index in [9.17, 15) is 9.90 Å². The molecule has 110 valence electrons. The van der Waals surface area contributed by atoms with E-state index in [-0.39, 0.29) is 11.7 Å². The summed E-state index contributed by atoms with van der Waals surface area (Å²) in [6, 6.07) is 7.23. The van der Waals surface area contributed by atoms with Crippen LogP contribution in [0.3, 0.4) is 0 Å². The molecule has 1 heterocycles. The Balaban J connectivity index is 2.00. The molecule has 0 saturated carbocycles. The van der Waals surface area contributed by atoms with Crippen molar-refractivity contribution in [2.24, 2.45) is 0 Å². The van der Waals surface area contributed by atoms with Crippen LogP contribution in [0.4, 0.5) is 0 Å². The maximum Gasteiger partial charge on any atom is 0.227 e. The smallest absolute Gasteiger partial charge is 0.227 e. The molecule has 2 rings (SSSR count). The molecule has 1 saturated heterocycles. The molecule has 0 radical (unpaired) electrons. The third kappa shape index (κ3) is 3.97. The average Bonchev–Trinajstić information content (AvgIpc) is 2.48. The van der Waals surface area contributed by atoms with Crippen molar-refractivity contribution >= 4 is 5.91 Å². The summed E-state index contributed by atoms with van der Waals surface area (Å²) < 4.78 is 0. The lowest BCUT2D eigenvalue weighted by molar-refractivity contribution is -0.133. The molecule has 1 aliphatic heterocycles. The summed E-state index contributed by atoms with van der Waals surface area (Å²) in [6.07, 6.45) is 3.63. The molecule has 2 N–H and O–H groups in total. The van der Waals surface area contributed by atoms with Gasteiger partial charge >= 0.3 is 0 Å². The number of hydrogen-bond acceptors (Lipinski definition) is 3. The topological polar surface area (TPSA) is 52.6 Å². The van der Waals surface area contributed by atoms with E-state index in [1.165, 1.54) is 0 Å². The van der Waals surface area contributed by atoms with Crippen molar-refractivity contribution in [1.29, 1.82) is 0 Å². The normalized spacial score (nSPS) is 18.8. The van der Waals surface area contributed by atoms with Gasteiger partial charge in [0.2, 0.25) is 5.91 Å². The van der Waals surface area contributed by atoms with Crippen LogP contribution in [0.15, 0.2) is 24.3 Å². The molecular weight excluding hydrogens is 252 g/mol. The quantitative estimate of drug-likeness (QED) is 0.864. The van der Waals surface area contributed by atoms with Gasteiger partial charge in [-0.15, -0.1) is 0 Å². The van der Waals surface area contributed by atoms with Crippen LogP contribution >= 0.6 is 0 Å². The summed E-state index contributed by atoms with van der Waals surface area (Å²) in [4.78, 5) is 14.5. The minimum Gasteiger partial charge on any atom is -0.508 e. The molecule has 0 aromatic heterocycles. The summed E-state index contributed by atoms with van der Waals surface area (Å²) >= 11 is 0. The maximum atomic E-state index is 12.5. The Bertz CT molecular complexity index is 425. The molecule has 0 aliphatic carbocycles. The van der Waals surface area contributed by atoms with Crippen LogP contribution in [0, 0.1) is 0 Å². The minimum absolute atomic E-state index is 0.186. The Morgan fingerprint density at radius 3 is 2.75 bits per heavy atom. The van der Waals surface area contributed by atoms with Crippen molar-refractivity contribution < 1.29 is 9.90 Å². The minimum atomic E-state index is 0.186. The van der Waals surface area contributed by atoms with Crippen molar-refractivity contribution in [3.63, 3.8) is 0 Å². The Morgan fingerprint density at radius 2 is 2.15 bits per heavy atom. The van der Waals surface area contributed by atoms with Gasteiger partial charge in [0.1, 0.15) is 5.75 Å². The van der Waals surface area contributed by atoms with Crippen molar-refractivity contribution in [3.05, 3.63) is 29.8 Å². The second-order valence-electron chi connectivity index (χ2n) is 5.43. The fraction of sp³-hybridized carbons (Fsp3) is 0.562. The number of benzene rings is 1. The van der Waals surface area contributed by atoms with Gasteiger partial charge in [-0.05, 0) is 43.5 Å². The van der Waals surface area contributed by atoms with Gasteiger partial charge in [0.25, 0.3) is 0 Å². The number of carbonyl (C=O) groups is 1. The Labute approximate surface area is 120 Å². The number of phenolic OH excluding ortho intramolecular Hbond substituents is 1. The van der Waals surface area contributed by atoms with Crippen LogP contribution in [0.1, 0.15) is 31.7 Å². The second kappa shape index (κ2) is 7.29. The molecule has 0 spiro atoms. The van der Waals surface area contributed by atoms with Gasteiger partial charge in [-0.2, -0.15) is 0 Å². The van der Waals surface area contributed by atoms with Crippen LogP contribution in [-0.4, -0.2) is 41.6 Å². The highest BCUT2D eigenvalue weighted by Gasteiger charge is 2.24. The number of carbonyl (C=O) groups excluding carboxylic acids is 1. The molecule has 4 nitrogen and oxygen atoms in total. The summed E-state index contributed by atoms with van der Waals surface area (Å²) in [6.45, 7) is 4.89. The van der Waals surface area contributed by atoms with Crippen molar-refractivity contribution in [3.8, 4) is 5.75 Å². The van der Waals surface area contributed by atoms with Crippen LogP contribution in [0.2, 0.25) is 0 Å². The third-order valence-corrected chi connectivity index (χ3v) is 3.79. The number of phenols is 1. The molecule has 1 unspecified atom stereocenters. The predicted octanol–water partition coefficient (Wildman–Crippen LogP) is 1.93. The van der Waals surface area contributed by atoms with Gasteiger partial charge in [0, 0.05) is 19.1 Å². The van der Waals surface area contributed by atoms with Crippen LogP contribution < -0.4 is 5.32 Å². The molecule has 1 amide bonds. The highest BCUT2D eigenvalue weighted by molar-refractivity contribution is 5.79. The maximum absolute atomic E-state index is 12.5. The Morgan fingerprint density at radius 1 is 1.40 bits per heavy atom. The van der Waals surface area contributed by atoms with E-state index < -0.39 is 0 Å². The zero-order valence-electron chi connectivity index (χ0n) is 12.1. The van der Waals surface area contributed by atoms with Crippen molar-refractivity contribution in [2.75, 3.05) is 19.6 Å². The van der Waals surface area contributed by atoms with E-state index in [1.54, 1.807) is 12.1 Å². The number of rotatable bonds is 5. The summed E-state index contributed by atoms with van der Waals surface area (Å²) in [7, 11) is 0. The lowest BCUT2D eigenvalue weighted by Gasteiger charge is -2.34. The average molecular weight is 276 g/mol. The lowest BCUT2D eigenvalue weighted by atomic mass is 10.0. The zero-order valence-corrected chi connectivity index (χ0v) is 12.1. The number of aromatic hydroxyl groups is 1. The van der Waals surface area contributed by atoms with E-state index in [0.717, 1.165) is 44.5 Å². The first kappa shape index (κ1) is 14.9. The van der Waals surface area contributed by atoms with E-state index in [2.05, 4.69) is 12.2 Å². The fourth-order valence-corrected chi connectivity index (χ4v) is 2.74. The highest BCUT2D eigenvalue weighted by atomic mass is 16.3. The Hall–Kier alpha value is -1.55. The van der Waals surface area contributed by atoms with Gasteiger partial charge in [0.15, 0.2) is 0 Å². The molecule has 0 bridgehead atoms. The fourth-order valence-electron chi connectivity index (χ4n) is 2.74. The second-order valence-corrected chi connectivity index (χ2v) is 5.43. The lowest BCUT2D eigenvalue weighted by Crippen LogP contribution is -2.49. The highest BCUT2D eigenvalue weighted by Crippen LogP contribution is 2.15. The first-order valence-corrected chi connectivity index (χ1v) is 7.48. The number of piperidine rings is 1. The number of nitrogens with zero attached hydrogens (tertiary/aromatic N) is 1. The monoisotopic (exact) mass is 276 g/mol. The molecule has 1 aliphatic rings. The largest absolute Gasteiger partial charge is 0.508 e. The standard InChI is InChI=1S/C16H24N2O2/c1-2-10-18(14-4-3-9-17-12-14)16(20)11-13-5-7-15(19)8-6-13/h5-8,14,17,19H,2-4,9-12H2,1H3. The molecule has 1 aromatic carbocycles. The molecule has 1 aromatic rings. The summed E-state index contributed by atoms with van der Waals surface area (Å²) in [5.41, 5.74) is 0.956. The SMILES string of the molecule is CCCN(C(=O)Cc1ccc(O)cc1)C1CCCNC1. The first-order chi connectivity index (χ1) is 9.70. The van der Waals surface area contributed by atoms with E-state index in [0.29, 0.717) is 12.5 Å². The zero-order chi connectivity index (χ0) is 14.4. The van der Waals surface area contributed by atoms with E-state index in [4.69, 9.17) is 0 Å². The van der Waals surface area contributed by atoms with Gasteiger partial charge in [-0.1, -0.05) is 19.1 Å². The van der Waals surface area contributed by atoms with Crippen molar-refractivity contribution in [1.82, 2.24) is 10.2 Å². The van der Waals surface area contributed by atoms with Gasteiger partial charge < -0.3 is 15.3 Å². The summed E-state index contributed by atoms with van der Waals surface area (Å²) in [5.74, 6) is 0.425. The van der Waals surface area contributed by atoms with Crippen LogP contribution in [0.25, 0.3) is 0 Å². The first-order valence-electron chi connectivity index (χ1n) is 7.48. The van der Waals surface area contributed by atoms with E-state index >= 15 is 0 Å². The van der Waals surface area contributed by atoms with Crippen LogP contribution in [0.5, 0.6) is 5.75 Å². The van der Waals surface area contributed by atoms with Gasteiger partial charge in [-0.3, -0.25) is 4.79 Å². The molecule has 1 fully saturated rings. The van der Waals surface area contributed by atoms with Gasteiger partial charge in [-0.25, -0.2) is 0 Å². The third-order valence-electron chi connectivity index (χ3n) is 3.79. The van der Waals surface area contributed by atoms with Crippen molar-refractivity contribution in [2.45, 2.75) is 38.6 Å². The molecular formula is C16H24N2O2. The number of amides is 1. The van der Waals surface area contributed by atoms with Gasteiger partial charge in [0.05, 0.1) is 6.42 Å². The molecule has 20 heavy (non-hydrogen) atoms.